The van der Waals surface area contributed by atoms with Gasteiger partial charge in [0.1, 0.15) is 0 Å². The number of hydrogen-bond donors (Lipinski definition) is 0. The van der Waals surface area contributed by atoms with E-state index in [1.807, 2.05) is 18.0 Å². The standard InChI is InChI=1S/C8H9NS2/c1-10-8(5-9)6-2-3-7(4-6)11-8/h2-3,6-7H,4H2,1H3. The van der Waals surface area contributed by atoms with Crippen molar-refractivity contribution < 1.29 is 0 Å². The van der Waals surface area contributed by atoms with Crippen molar-refractivity contribution in [2.24, 2.45) is 5.92 Å². The summed E-state index contributed by atoms with van der Waals surface area (Å²) >= 11 is 3.52. The number of thioether (sulfide) groups is 2. The lowest BCUT2D eigenvalue weighted by Gasteiger charge is -2.24. The van der Waals surface area contributed by atoms with Crippen LogP contribution < -0.4 is 0 Å². The van der Waals surface area contributed by atoms with E-state index in [0.29, 0.717) is 11.2 Å². The average molecular weight is 183 g/mol. The van der Waals surface area contributed by atoms with Crippen molar-refractivity contribution in [2.45, 2.75) is 15.7 Å². The van der Waals surface area contributed by atoms with Gasteiger partial charge in [-0.05, 0) is 12.7 Å². The van der Waals surface area contributed by atoms with Crippen molar-refractivity contribution >= 4 is 23.5 Å². The first-order valence-electron chi connectivity index (χ1n) is 3.63. The van der Waals surface area contributed by atoms with Gasteiger partial charge in [-0.1, -0.05) is 12.2 Å². The topological polar surface area (TPSA) is 23.8 Å². The maximum absolute atomic E-state index is 9.01. The number of allylic oxidation sites excluding steroid dienone is 1. The van der Waals surface area contributed by atoms with Gasteiger partial charge in [-0.2, -0.15) is 5.26 Å². The summed E-state index contributed by atoms with van der Waals surface area (Å²) in [5.74, 6) is 0.498. The van der Waals surface area contributed by atoms with Crippen LogP contribution in [-0.4, -0.2) is 15.6 Å². The Morgan fingerprint density at radius 2 is 2.55 bits per heavy atom. The molecule has 0 N–H and O–H groups in total. The average Bonchev–Trinajstić information content (AvgIpc) is 2.62. The van der Waals surface area contributed by atoms with Crippen LogP contribution in [0.1, 0.15) is 6.42 Å². The van der Waals surface area contributed by atoms with Gasteiger partial charge in [0.25, 0.3) is 0 Å². The molecule has 1 nitrogen and oxygen atoms in total. The van der Waals surface area contributed by atoms with Crippen molar-refractivity contribution in [1.82, 2.24) is 0 Å². The van der Waals surface area contributed by atoms with E-state index >= 15 is 0 Å². The molecule has 1 saturated heterocycles. The van der Waals surface area contributed by atoms with Crippen LogP contribution in [0.15, 0.2) is 12.2 Å². The van der Waals surface area contributed by atoms with E-state index in [4.69, 9.17) is 5.26 Å². The van der Waals surface area contributed by atoms with Crippen LogP contribution in [0.3, 0.4) is 0 Å². The molecule has 0 aromatic heterocycles. The molecule has 0 saturated carbocycles. The molecular formula is C8H9NS2. The first kappa shape index (κ1) is 7.57. The third kappa shape index (κ3) is 0.929. The van der Waals surface area contributed by atoms with Gasteiger partial charge in [0, 0.05) is 11.2 Å². The highest BCUT2D eigenvalue weighted by Crippen LogP contribution is 2.57. The summed E-state index contributed by atoms with van der Waals surface area (Å²) in [4.78, 5) is 0. The minimum absolute atomic E-state index is 0.153. The van der Waals surface area contributed by atoms with Gasteiger partial charge < -0.3 is 0 Å². The number of rotatable bonds is 1. The lowest BCUT2D eigenvalue weighted by atomic mass is 10.1. The molecule has 1 heterocycles. The van der Waals surface area contributed by atoms with Crippen LogP contribution in [0.25, 0.3) is 0 Å². The SMILES string of the molecule is CSC1(C#N)SC2C=CC1C2. The summed E-state index contributed by atoms with van der Waals surface area (Å²) in [5.41, 5.74) is 0. The maximum Gasteiger partial charge on any atom is 0.154 e. The fraction of sp³-hybridized carbons (Fsp3) is 0.625. The predicted molar refractivity (Wildman–Crippen MR) is 50.5 cm³/mol. The van der Waals surface area contributed by atoms with E-state index in [0.717, 1.165) is 0 Å². The quantitative estimate of drug-likeness (QED) is 0.583. The third-order valence-corrected chi connectivity index (χ3v) is 5.50. The Labute approximate surface area is 75.2 Å². The molecule has 0 radical (unpaired) electrons. The monoisotopic (exact) mass is 183 g/mol. The molecule has 1 fully saturated rings. The van der Waals surface area contributed by atoms with E-state index in [9.17, 15) is 0 Å². The van der Waals surface area contributed by atoms with Gasteiger partial charge in [-0.3, -0.25) is 0 Å². The molecule has 2 rings (SSSR count). The number of nitrogens with zero attached hydrogens (tertiary/aromatic N) is 1. The van der Waals surface area contributed by atoms with Crippen LogP contribution in [-0.2, 0) is 0 Å². The van der Waals surface area contributed by atoms with Gasteiger partial charge in [0.2, 0.25) is 0 Å². The summed E-state index contributed by atoms with van der Waals surface area (Å²) in [6.45, 7) is 0. The van der Waals surface area contributed by atoms with Crippen molar-refractivity contribution in [2.75, 3.05) is 6.26 Å². The zero-order valence-electron chi connectivity index (χ0n) is 6.28. The minimum Gasteiger partial charge on any atom is -0.196 e. The third-order valence-electron chi connectivity index (χ3n) is 2.32. The molecule has 58 valence electrons. The molecular weight excluding hydrogens is 174 g/mol. The minimum atomic E-state index is -0.153. The molecule has 1 aliphatic heterocycles. The Balaban J connectivity index is 2.30. The van der Waals surface area contributed by atoms with Crippen LogP contribution in [0.2, 0.25) is 0 Å². The predicted octanol–water partition coefficient (Wildman–Crippen LogP) is 2.26. The zero-order valence-corrected chi connectivity index (χ0v) is 7.91. The van der Waals surface area contributed by atoms with Gasteiger partial charge in [-0.25, -0.2) is 0 Å². The van der Waals surface area contributed by atoms with Crippen molar-refractivity contribution in [3.63, 3.8) is 0 Å². The lowest BCUT2D eigenvalue weighted by molar-refractivity contribution is 0.676. The van der Waals surface area contributed by atoms with E-state index in [-0.39, 0.29) is 4.08 Å². The molecule has 0 aromatic carbocycles. The fourth-order valence-electron chi connectivity index (χ4n) is 1.70. The van der Waals surface area contributed by atoms with Crippen LogP contribution >= 0.6 is 23.5 Å². The van der Waals surface area contributed by atoms with Crippen LogP contribution in [0.5, 0.6) is 0 Å². The molecule has 2 bridgehead atoms. The smallest absolute Gasteiger partial charge is 0.154 e. The highest BCUT2D eigenvalue weighted by molar-refractivity contribution is 8.19. The Morgan fingerprint density at radius 1 is 1.73 bits per heavy atom. The molecule has 1 aliphatic carbocycles. The molecule has 2 aliphatic rings. The Morgan fingerprint density at radius 3 is 2.82 bits per heavy atom. The van der Waals surface area contributed by atoms with Crippen molar-refractivity contribution in [3.8, 4) is 6.07 Å². The highest BCUT2D eigenvalue weighted by Gasteiger charge is 2.49. The highest BCUT2D eigenvalue weighted by atomic mass is 32.2. The van der Waals surface area contributed by atoms with E-state index in [1.54, 1.807) is 11.8 Å². The van der Waals surface area contributed by atoms with Gasteiger partial charge >= 0.3 is 0 Å². The largest absolute Gasteiger partial charge is 0.196 e. The van der Waals surface area contributed by atoms with Crippen molar-refractivity contribution in [1.29, 1.82) is 5.26 Å². The lowest BCUT2D eigenvalue weighted by Crippen LogP contribution is -2.22. The molecule has 11 heavy (non-hydrogen) atoms. The van der Waals surface area contributed by atoms with Crippen LogP contribution in [0.4, 0.5) is 0 Å². The summed E-state index contributed by atoms with van der Waals surface area (Å²) in [5, 5.41) is 9.63. The number of nitriles is 1. The summed E-state index contributed by atoms with van der Waals surface area (Å²) in [6, 6.07) is 2.43. The van der Waals surface area contributed by atoms with Crippen molar-refractivity contribution in [3.05, 3.63) is 12.2 Å². The Kier molecular flexibility index (Phi) is 1.70. The van der Waals surface area contributed by atoms with Crippen LogP contribution in [0, 0.1) is 17.2 Å². The second kappa shape index (κ2) is 2.46. The first-order valence-corrected chi connectivity index (χ1v) is 5.74. The summed E-state index contributed by atoms with van der Waals surface area (Å²) < 4.78 is -0.153. The second-order valence-electron chi connectivity index (χ2n) is 2.87. The van der Waals surface area contributed by atoms with E-state index in [2.05, 4.69) is 18.2 Å². The first-order chi connectivity index (χ1) is 5.30. The summed E-state index contributed by atoms with van der Waals surface area (Å²) in [6.07, 6.45) is 7.66. The zero-order chi connectivity index (χ0) is 7.90. The van der Waals surface area contributed by atoms with E-state index in [1.165, 1.54) is 6.42 Å². The van der Waals surface area contributed by atoms with Gasteiger partial charge in [-0.15, -0.1) is 23.5 Å². The second-order valence-corrected chi connectivity index (χ2v) is 5.66. The molecule has 3 atom stereocenters. The molecule has 3 heteroatoms. The van der Waals surface area contributed by atoms with Gasteiger partial charge in [0.15, 0.2) is 4.08 Å². The van der Waals surface area contributed by atoms with Gasteiger partial charge in [0.05, 0.1) is 6.07 Å². The fourth-order valence-corrected chi connectivity index (χ4v) is 4.35. The molecule has 3 unspecified atom stereocenters. The molecule has 0 aromatic rings. The molecule has 0 amide bonds. The number of fused-ring (bicyclic) bond motifs is 2. The maximum atomic E-state index is 9.01. The molecule has 0 spiro atoms. The van der Waals surface area contributed by atoms with E-state index < -0.39 is 0 Å². The Bertz CT molecular complexity index is 243. The normalized spacial score (nSPS) is 46.2. The summed E-state index contributed by atoms with van der Waals surface area (Å²) in [7, 11) is 0. The number of hydrogen-bond acceptors (Lipinski definition) is 3. The Hall–Kier alpha value is -0.0700.